The smallest absolute Gasteiger partial charge is 0.00369 e. The van der Waals surface area contributed by atoms with Crippen molar-refractivity contribution in [3.63, 3.8) is 0 Å². The molecule has 10 heavy (non-hydrogen) atoms. The van der Waals surface area contributed by atoms with Gasteiger partial charge in [0.1, 0.15) is 0 Å². The monoisotopic (exact) mass is 149 g/mol. The molecule has 3 heteroatoms. The summed E-state index contributed by atoms with van der Waals surface area (Å²) in [7, 11) is 0. The number of hydrogen-bond acceptors (Lipinski definition) is 3. The van der Waals surface area contributed by atoms with Gasteiger partial charge in [-0.25, -0.2) is 0 Å². The van der Waals surface area contributed by atoms with E-state index in [2.05, 4.69) is 5.32 Å². The molecule has 0 bridgehead atoms. The first-order chi connectivity index (χ1) is 4.91. The molecule has 0 atom stereocenters. The van der Waals surface area contributed by atoms with Crippen molar-refractivity contribution >= 4 is 0 Å². The number of hydrogen-bond donors (Lipinski definition) is 3. The Hall–Kier alpha value is -0.120. The lowest BCUT2D eigenvalue weighted by Gasteiger charge is -2.01. The van der Waals surface area contributed by atoms with Gasteiger partial charge in [-0.3, -0.25) is 0 Å². The van der Waals surface area contributed by atoms with Gasteiger partial charge in [-0.2, -0.15) is 0 Å². The highest BCUT2D eigenvalue weighted by Crippen LogP contribution is 1.81. The Morgan fingerprint density at radius 2 is 1.70 bits per heavy atom. The largest absolute Gasteiger partial charge is 0.330 e. The summed E-state index contributed by atoms with van der Waals surface area (Å²) < 4.78 is 0. The molecule has 0 rings (SSSR count). The minimum atomic E-state index is 0.782. The van der Waals surface area contributed by atoms with Crippen LogP contribution < -0.4 is 16.8 Å². The molecule has 0 unspecified atom stereocenters. The molecule has 0 aliphatic rings. The number of nitrogens with one attached hydrogen (secondary N) is 1. The van der Waals surface area contributed by atoms with E-state index in [0.29, 0.717) is 0 Å². The van der Waals surface area contributed by atoms with Crippen molar-refractivity contribution in [3.8, 4) is 0 Å². The second-order valence-electron chi connectivity index (χ2n) is 2.39. The van der Waals surface area contributed by atoms with E-state index in [1.807, 2.05) is 0 Å². The Labute approximate surface area is 63.2 Å². The molecular formula is C7H19N3. The fourth-order valence-corrected chi connectivity index (χ4v) is 0.746. The van der Waals surface area contributed by atoms with E-state index < -0.39 is 0 Å². The highest BCUT2D eigenvalue weighted by Gasteiger charge is 1.85. The minimum Gasteiger partial charge on any atom is -0.330 e. The second-order valence-corrected chi connectivity index (χ2v) is 2.39. The molecule has 0 aromatic heterocycles. The minimum absolute atomic E-state index is 0.782. The molecule has 0 saturated carbocycles. The van der Waals surface area contributed by atoms with Gasteiger partial charge in [0.25, 0.3) is 0 Å². The van der Waals surface area contributed by atoms with Crippen LogP contribution >= 0.6 is 0 Å². The van der Waals surface area contributed by atoms with Crippen molar-refractivity contribution in [3.05, 3.63) is 0 Å². The second kappa shape index (κ2) is 8.88. The van der Waals surface area contributed by atoms with Crippen LogP contribution in [0.3, 0.4) is 0 Å². The molecule has 0 aromatic rings. The van der Waals surface area contributed by atoms with Crippen molar-refractivity contribution in [2.45, 2.75) is 19.3 Å². The Morgan fingerprint density at radius 3 is 2.30 bits per heavy atom. The summed E-state index contributed by atoms with van der Waals surface area (Å²) in [5, 5.41) is 3.29. The molecule has 0 aromatic carbocycles. The maximum absolute atomic E-state index is 5.32. The predicted octanol–water partition coefficient (Wildman–Crippen LogP) is -0.336. The first-order valence-corrected chi connectivity index (χ1v) is 4.02. The lowest BCUT2D eigenvalue weighted by molar-refractivity contribution is 0.611. The van der Waals surface area contributed by atoms with Crippen molar-refractivity contribution < 1.29 is 0 Å². The van der Waals surface area contributed by atoms with Gasteiger partial charge in [-0.1, -0.05) is 0 Å². The van der Waals surface area contributed by atoms with Gasteiger partial charge in [0.15, 0.2) is 0 Å². The van der Waals surface area contributed by atoms with E-state index >= 15 is 0 Å². The SMILES string of the molecule is N[14CH2]CCCNCC[14CH2]N. The topological polar surface area (TPSA) is 64.1 Å². The summed E-state index contributed by atoms with van der Waals surface area (Å²) in [5.41, 5.74) is 10.6. The van der Waals surface area contributed by atoms with E-state index in [9.17, 15) is 0 Å². The number of rotatable bonds is 7. The van der Waals surface area contributed by atoms with Crippen LogP contribution in [0.4, 0.5) is 0 Å². The van der Waals surface area contributed by atoms with Crippen LogP contribution in [0.2, 0.25) is 0 Å². The van der Waals surface area contributed by atoms with E-state index in [0.717, 1.165) is 39.0 Å². The summed E-state index contributed by atoms with van der Waals surface area (Å²) in [5.74, 6) is 0. The highest BCUT2D eigenvalue weighted by atomic mass is 15.2. The maximum Gasteiger partial charge on any atom is -0.00369 e. The van der Waals surface area contributed by atoms with Crippen LogP contribution in [0.15, 0.2) is 0 Å². The summed E-state index contributed by atoms with van der Waals surface area (Å²) >= 11 is 0. The molecule has 0 saturated heterocycles. The molecule has 0 amide bonds. The summed E-state index contributed by atoms with van der Waals surface area (Å²) in [6.07, 6.45) is 3.37. The molecule has 5 N–H and O–H groups in total. The Bertz CT molecular complexity index is 48.8. The predicted molar refractivity (Wildman–Crippen MR) is 44.8 cm³/mol. The normalized spacial score (nSPS) is 10.2. The third-order valence-corrected chi connectivity index (χ3v) is 1.37. The van der Waals surface area contributed by atoms with Crippen LogP contribution in [0.1, 0.15) is 19.3 Å². The number of unbranched alkanes of at least 4 members (excludes halogenated alkanes) is 1. The Kier molecular flexibility index (Phi) is 8.77. The van der Waals surface area contributed by atoms with Crippen LogP contribution in [0.25, 0.3) is 0 Å². The van der Waals surface area contributed by atoms with E-state index in [1.54, 1.807) is 0 Å². The zero-order valence-electron chi connectivity index (χ0n) is 6.60. The van der Waals surface area contributed by atoms with Crippen LogP contribution in [0.5, 0.6) is 0 Å². The van der Waals surface area contributed by atoms with Crippen LogP contribution in [0, 0.1) is 0 Å². The fourth-order valence-electron chi connectivity index (χ4n) is 0.746. The van der Waals surface area contributed by atoms with Gasteiger partial charge in [0, 0.05) is 0 Å². The summed E-state index contributed by atoms with van der Waals surface area (Å²) in [6, 6.07) is 0. The van der Waals surface area contributed by atoms with Gasteiger partial charge < -0.3 is 16.8 Å². The molecule has 0 aliphatic carbocycles. The van der Waals surface area contributed by atoms with E-state index in [4.69, 9.17) is 11.5 Å². The molecule has 0 fully saturated rings. The molecular weight excluding hydrogens is 130 g/mol. The van der Waals surface area contributed by atoms with Gasteiger partial charge >= 0.3 is 0 Å². The zero-order valence-corrected chi connectivity index (χ0v) is 6.60. The third kappa shape index (κ3) is 7.88. The van der Waals surface area contributed by atoms with Crippen molar-refractivity contribution in [2.75, 3.05) is 26.2 Å². The van der Waals surface area contributed by atoms with E-state index in [1.165, 1.54) is 6.42 Å². The van der Waals surface area contributed by atoms with Gasteiger partial charge in [0.05, 0.1) is 0 Å². The van der Waals surface area contributed by atoms with Crippen molar-refractivity contribution in [1.29, 1.82) is 0 Å². The summed E-state index contributed by atoms with van der Waals surface area (Å²) in [4.78, 5) is 0. The Balaban J connectivity index is 2.65. The van der Waals surface area contributed by atoms with Gasteiger partial charge in [-0.05, 0) is 45.4 Å². The molecule has 0 spiro atoms. The standard InChI is InChI=1S/C7H19N3/c8-4-1-2-6-10-7-3-5-9/h10H,1-9H2/i4+2,5+2. The molecule has 0 aliphatic heterocycles. The first kappa shape index (κ1) is 9.88. The molecule has 0 heterocycles. The zero-order chi connectivity index (χ0) is 7.66. The molecule has 0 radical (unpaired) electrons. The first-order valence-electron chi connectivity index (χ1n) is 4.02. The maximum atomic E-state index is 5.32. The average Bonchev–Trinajstić information content (AvgIpc) is 1.97. The van der Waals surface area contributed by atoms with Crippen molar-refractivity contribution in [2.24, 2.45) is 11.5 Å². The lowest BCUT2D eigenvalue weighted by atomic mass is 10.4. The van der Waals surface area contributed by atoms with Gasteiger partial charge in [0.2, 0.25) is 0 Å². The Morgan fingerprint density at radius 1 is 1.00 bits per heavy atom. The molecule has 62 valence electrons. The number of nitrogens with two attached hydrogens (primary N) is 2. The quantitative estimate of drug-likeness (QED) is 0.434. The van der Waals surface area contributed by atoms with Crippen LogP contribution in [-0.2, 0) is 0 Å². The van der Waals surface area contributed by atoms with Crippen molar-refractivity contribution in [1.82, 2.24) is 5.32 Å². The highest BCUT2D eigenvalue weighted by molar-refractivity contribution is 4.49. The third-order valence-electron chi connectivity index (χ3n) is 1.37. The lowest BCUT2D eigenvalue weighted by Crippen LogP contribution is -2.19. The van der Waals surface area contributed by atoms with E-state index in [-0.39, 0.29) is 0 Å². The fraction of sp³-hybridized carbons (Fsp3) is 1.00. The van der Waals surface area contributed by atoms with Crippen LogP contribution in [-0.4, -0.2) is 26.2 Å². The average molecular weight is 149 g/mol. The summed E-state index contributed by atoms with van der Waals surface area (Å²) in [6.45, 7) is 3.71. The molecule has 3 nitrogen and oxygen atoms in total. The van der Waals surface area contributed by atoms with Gasteiger partial charge in [-0.15, -0.1) is 0 Å².